The molecule has 1 saturated carbocycles. The Kier molecular flexibility index (Phi) is 4.91. The van der Waals surface area contributed by atoms with Crippen molar-refractivity contribution in [2.45, 2.75) is 32.6 Å². The standard InChI is InChI=1S/C15H19BrClNO/c1-11-4-5-12(8-13(11)17)14(19)18-10-15(9-16)6-2-3-7-15/h4-5,8H,2-3,6-7,9-10H2,1H3,(H,18,19). The normalized spacial score (nSPS) is 17.4. The van der Waals surface area contributed by atoms with E-state index in [1.165, 1.54) is 25.7 Å². The number of halogens is 2. The molecule has 0 saturated heterocycles. The second-order valence-corrected chi connectivity index (χ2v) is 6.46. The maximum Gasteiger partial charge on any atom is 0.251 e. The van der Waals surface area contributed by atoms with Gasteiger partial charge in [-0.15, -0.1) is 0 Å². The third kappa shape index (κ3) is 3.51. The van der Waals surface area contributed by atoms with Crippen molar-refractivity contribution in [1.29, 1.82) is 0 Å². The maximum atomic E-state index is 12.1. The molecule has 1 aliphatic carbocycles. The van der Waals surface area contributed by atoms with Gasteiger partial charge in [-0.2, -0.15) is 0 Å². The first kappa shape index (κ1) is 14.9. The number of aryl methyl sites for hydroxylation is 1. The van der Waals surface area contributed by atoms with Crippen LogP contribution in [0.3, 0.4) is 0 Å². The Morgan fingerprint density at radius 2 is 2.11 bits per heavy atom. The minimum Gasteiger partial charge on any atom is -0.351 e. The molecule has 0 unspecified atom stereocenters. The fourth-order valence-corrected chi connectivity index (χ4v) is 3.53. The number of carbonyl (C=O) groups is 1. The highest BCUT2D eigenvalue weighted by molar-refractivity contribution is 9.09. The zero-order valence-corrected chi connectivity index (χ0v) is 13.5. The van der Waals surface area contributed by atoms with E-state index in [4.69, 9.17) is 11.6 Å². The van der Waals surface area contributed by atoms with Crippen LogP contribution in [0.15, 0.2) is 18.2 Å². The zero-order valence-electron chi connectivity index (χ0n) is 11.1. The van der Waals surface area contributed by atoms with Gasteiger partial charge in [-0.25, -0.2) is 0 Å². The molecule has 0 spiro atoms. The number of benzene rings is 1. The quantitative estimate of drug-likeness (QED) is 0.809. The molecular weight excluding hydrogens is 326 g/mol. The molecule has 1 aliphatic rings. The highest BCUT2D eigenvalue weighted by Crippen LogP contribution is 2.39. The molecule has 0 radical (unpaired) electrons. The average molecular weight is 345 g/mol. The SMILES string of the molecule is Cc1ccc(C(=O)NCC2(CBr)CCCC2)cc1Cl. The van der Waals surface area contributed by atoms with E-state index in [0.717, 1.165) is 17.4 Å². The molecule has 104 valence electrons. The first-order valence-electron chi connectivity index (χ1n) is 6.67. The molecule has 1 fully saturated rings. The molecule has 19 heavy (non-hydrogen) atoms. The van der Waals surface area contributed by atoms with E-state index in [-0.39, 0.29) is 11.3 Å². The van der Waals surface area contributed by atoms with Gasteiger partial charge in [0.1, 0.15) is 0 Å². The molecule has 1 aromatic rings. The van der Waals surface area contributed by atoms with Gasteiger partial charge in [0.25, 0.3) is 5.91 Å². The van der Waals surface area contributed by atoms with E-state index in [9.17, 15) is 4.79 Å². The van der Waals surface area contributed by atoms with Gasteiger partial charge < -0.3 is 5.32 Å². The zero-order chi connectivity index (χ0) is 13.9. The summed E-state index contributed by atoms with van der Waals surface area (Å²) in [4.78, 5) is 12.1. The molecule has 0 atom stereocenters. The minimum atomic E-state index is -0.0332. The summed E-state index contributed by atoms with van der Waals surface area (Å²) in [6.07, 6.45) is 4.90. The summed E-state index contributed by atoms with van der Waals surface area (Å²) in [5.74, 6) is -0.0332. The van der Waals surface area contributed by atoms with Crippen LogP contribution in [0.1, 0.15) is 41.6 Å². The third-order valence-corrected chi connectivity index (χ3v) is 5.60. The van der Waals surface area contributed by atoms with E-state index in [1.807, 2.05) is 19.1 Å². The number of hydrogen-bond acceptors (Lipinski definition) is 1. The molecule has 0 heterocycles. The van der Waals surface area contributed by atoms with Crippen molar-refractivity contribution in [3.8, 4) is 0 Å². The van der Waals surface area contributed by atoms with Gasteiger partial charge in [0, 0.05) is 22.5 Å². The number of alkyl halides is 1. The Bertz CT molecular complexity index is 469. The van der Waals surface area contributed by atoms with Crippen molar-refractivity contribution in [3.63, 3.8) is 0 Å². The third-order valence-electron chi connectivity index (χ3n) is 4.01. The van der Waals surface area contributed by atoms with Gasteiger partial charge in [-0.05, 0) is 42.9 Å². The lowest BCUT2D eigenvalue weighted by Gasteiger charge is -2.26. The average Bonchev–Trinajstić information content (AvgIpc) is 2.89. The lowest BCUT2D eigenvalue weighted by Crippen LogP contribution is -2.37. The highest BCUT2D eigenvalue weighted by Gasteiger charge is 2.33. The summed E-state index contributed by atoms with van der Waals surface area (Å²) in [5, 5.41) is 4.65. The predicted octanol–water partition coefficient (Wildman–Crippen LogP) is 4.33. The second kappa shape index (κ2) is 6.27. The minimum absolute atomic E-state index is 0.0332. The lowest BCUT2D eigenvalue weighted by molar-refractivity contribution is 0.0935. The van der Waals surface area contributed by atoms with Crippen LogP contribution in [0.25, 0.3) is 0 Å². The van der Waals surface area contributed by atoms with Crippen LogP contribution in [-0.4, -0.2) is 17.8 Å². The molecule has 1 amide bonds. The summed E-state index contributed by atoms with van der Waals surface area (Å²) in [6, 6.07) is 5.45. The summed E-state index contributed by atoms with van der Waals surface area (Å²) >= 11 is 9.64. The van der Waals surface area contributed by atoms with Crippen molar-refractivity contribution in [3.05, 3.63) is 34.3 Å². The number of amides is 1. The molecule has 0 bridgehead atoms. The van der Waals surface area contributed by atoms with Gasteiger partial charge in [0.15, 0.2) is 0 Å². The van der Waals surface area contributed by atoms with Gasteiger partial charge in [-0.3, -0.25) is 4.79 Å². The fourth-order valence-electron chi connectivity index (χ4n) is 2.59. The highest BCUT2D eigenvalue weighted by atomic mass is 79.9. The van der Waals surface area contributed by atoms with Crippen molar-refractivity contribution in [1.82, 2.24) is 5.32 Å². The first-order valence-corrected chi connectivity index (χ1v) is 8.17. The number of hydrogen-bond donors (Lipinski definition) is 1. The molecule has 2 nitrogen and oxygen atoms in total. The van der Waals surface area contributed by atoms with E-state index >= 15 is 0 Å². The van der Waals surface area contributed by atoms with Crippen molar-refractivity contribution in [2.24, 2.45) is 5.41 Å². The molecule has 0 aromatic heterocycles. The monoisotopic (exact) mass is 343 g/mol. The van der Waals surface area contributed by atoms with Crippen LogP contribution in [-0.2, 0) is 0 Å². The van der Waals surface area contributed by atoms with Gasteiger partial charge in [0.05, 0.1) is 0 Å². The van der Waals surface area contributed by atoms with E-state index in [2.05, 4.69) is 21.2 Å². The maximum absolute atomic E-state index is 12.1. The first-order chi connectivity index (χ1) is 9.06. The van der Waals surface area contributed by atoms with E-state index in [1.54, 1.807) is 6.07 Å². The number of carbonyl (C=O) groups excluding carboxylic acids is 1. The van der Waals surface area contributed by atoms with Crippen molar-refractivity contribution < 1.29 is 4.79 Å². The van der Waals surface area contributed by atoms with Gasteiger partial charge in [0.2, 0.25) is 0 Å². The van der Waals surface area contributed by atoms with Gasteiger partial charge in [-0.1, -0.05) is 46.4 Å². The largest absolute Gasteiger partial charge is 0.351 e. The molecular formula is C15H19BrClNO. The molecule has 0 aliphatic heterocycles. The van der Waals surface area contributed by atoms with Crippen LogP contribution in [0.5, 0.6) is 0 Å². The Morgan fingerprint density at radius 1 is 1.42 bits per heavy atom. The number of rotatable bonds is 4. The predicted molar refractivity (Wildman–Crippen MR) is 83.2 cm³/mol. The summed E-state index contributed by atoms with van der Waals surface area (Å²) in [6.45, 7) is 2.67. The second-order valence-electron chi connectivity index (χ2n) is 5.49. The van der Waals surface area contributed by atoms with Crippen LogP contribution in [0, 0.1) is 12.3 Å². The topological polar surface area (TPSA) is 29.1 Å². The van der Waals surface area contributed by atoms with Gasteiger partial charge >= 0.3 is 0 Å². The number of nitrogens with one attached hydrogen (secondary N) is 1. The smallest absolute Gasteiger partial charge is 0.251 e. The van der Waals surface area contributed by atoms with Crippen molar-refractivity contribution in [2.75, 3.05) is 11.9 Å². The Morgan fingerprint density at radius 3 is 2.68 bits per heavy atom. The Labute approximate surface area is 128 Å². The summed E-state index contributed by atoms with van der Waals surface area (Å²) in [5.41, 5.74) is 1.87. The Balaban J connectivity index is 1.99. The molecule has 2 rings (SSSR count). The summed E-state index contributed by atoms with van der Waals surface area (Å²) < 4.78 is 0. The van der Waals surface area contributed by atoms with Crippen LogP contribution in [0.2, 0.25) is 5.02 Å². The van der Waals surface area contributed by atoms with E-state index < -0.39 is 0 Å². The van der Waals surface area contributed by atoms with Crippen LogP contribution >= 0.6 is 27.5 Å². The molecule has 1 aromatic carbocycles. The molecule has 1 N–H and O–H groups in total. The van der Waals surface area contributed by atoms with E-state index in [0.29, 0.717) is 10.6 Å². The van der Waals surface area contributed by atoms with Crippen molar-refractivity contribution >= 4 is 33.4 Å². The lowest BCUT2D eigenvalue weighted by atomic mass is 9.89. The molecule has 4 heteroatoms. The fraction of sp³-hybridized carbons (Fsp3) is 0.533. The summed E-state index contributed by atoms with van der Waals surface area (Å²) in [7, 11) is 0. The van der Waals surface area contributed by atoms with Crippen LogP contribution < -0.4 is 5.32 Å². The Hall–Kier alpha value is -0.540. The van der Waals surface area contributed by atoms with Crippen LogP contribution in [0.4, 0.5) is 0 Å².